The molecule has 0 unspecified atom stereocenters. The molecule has 0 bridgehead atoms. The van der Waals surface area contributed by atoms with Crippen LogP contribution < -0.4 is 5.32 Å². The summed E-state index contributed by atoms with van der Waals surface area (Å²) < 4.78 is 0. The minimum Gasteiger partial charge on any atom is -0.310 e. The number of hydrogen-bond donors (Lipinski definition) is 1. The van der Waals surface area contributed by atoms with Crippen LogP contribution in [0.25, 0.3) is 0 Å². The van der Waals surface area contributed by atoms with E-state index in [0.29, 0.717) is 18.2 Å². The first-order valence-electron chi connectivity index (χ1n) is 4.91. The summed E-state index contributed by atoms with van der Waals surface area (Å²) >= 11 is 0. The normalized spacial score (nSPS) is 16.9. The van der Waals surface area contributed by atoms with Gasteiger partial charge in [0.05, 0.1) is 6.54 Å². The maximum absolute atomic E-state index is 11.2. The molecule has 0 atom stereocenters. The molecule has 0 aromatic heterocycles. The summed E-state index contributed by atoms with van der Waals surface area (Å²) in [6.45, 7) is 5.79. The molecule has 1 aliphatic rings. The van der Waals surface area contributed by atoms with Gasteiger partial charge in [-0.3, -0.25) is 4.79 Å². The molecule has 0 amide bonds. The van der Waals surface area contributed by atoms with E-state index >= 15 is 0 Å². The lowest BCUT2D eigenvalue weighted by Gasteiger charge is -2.04. The summed E-state index contributed by atoms with van der Waals surface area (Å²) in [6, 6.07) is 0. The Bertz CT molecular complexity index is 150. The minimum atomic E-state index is 0.352. The van der Waals surface area contributed by atoms with Gasteiger partial charge in [0.2, 0.25) is 0 Å². The number of nitrogens with one attached hydrogen (secondary N) is 1. The smallest absolute Gasteiger partial charge is 0.146 e. The number of ketones is 1. The lowest BCUT2D eigenvalue weighted by molar-refractivity contribution is -0.118. The molecule has 1 saturated carbocycles. The molecular formula is C10H19NO. The second-order valence-corrected chi connectivity index (χ2v) is 4.21. The first-order chi connectivity index (χ1) is 5.68. The zero-order valence-corrected chi connectivity index (χ0v) is 8.10. The van der Waals surface area contributed by atoms with E-state index in [-0.39, 0.29) is 0 Å². The van der Waals surface area contributed by atoms with Crippen molar-refractivity contribution in [2.75, 3.05) is 13.1 Å². The second kappa shape index (κ2) is 4.61. The van der Waals surface area contributed by atoms with E-state index < -0.39 is 0 Å². The standard InChI is InChI=1S/C10H19NO/c1-8(2)5-10(12)7-11-6-9-3-4-9/h8-9,11H,3-7H2,1-2H3. The maximum atomic E-state index is 11.2. The van der Waals surface area contributed by atoms with E-state index in [1.165, 1.54) is 12.8 Å². The van der Waals surface area contributed by atoms with Gasteiger partial charge in [0.1, 0.15) is 5.78 Å². The fourth-order valence-corrected chi connectivity index (χ4v) is 1.27. The molecule has 2 heteroatoms. The number of Topliss-reactive ketones (excluding diaryl/α,β-unsaturated/α-hetero) is 1. The van der Waals surface area contributed by atoms with Gasteiger partial charge in [0, 0.05) is 6.42 Å². The summed E-state index contributed by atoms with van der Waals surface area (Å²) in [5, 5.41) is 3.20. The van der Waals surface area contributed by atoms with Gasteiger partial charge in [-0.25, -0.2) is 0 Å². The zero-order valence-electron chi connectivity index (χ0n) is 8.10. The number of hydrogen-bond acceptors (Lipinski definition) is 2. The third kappa shape index (κ3) is 4.50. The first kappa shape index (κ1) is 9.72. The van der Waals surface area contributed by atoms with Gasteiger partial charge in [-0.05, 0) is 31.2 Å². The molecule has 0 heterocycles. The van der Waals surface area contributed by atoms with Crippen molar-refractivity contribution in [2.24, 2.45) is 11.8 Å². The summed E-state index contributed by atoms with van der Waals surface area (Å²) in [5.41, 5.74) is 0. The van der Waals surface area contributed by atoms with Gasteiger partial charge in [0.25, 0.3) is 0 Å². The Hall–Kier alpha value is -0.370. The van der Waals surface area contributed by atoms with Crippen LogP contribution >= 0.6 is 0 Å². The Morgan fingerprint density at radius 1 is 1.50 bits per heavy atom. The maximum Gasteiger partial charge on any atom is 0.146 e. The largest absolute Gasteiger partial charge is 0.310 e. The van der Waals surface area contributed by atoms with Crippen LogP contribution in [-0.2, 0) is 4.79 Å². The van der Waals surface area contributed by atoms with E-state index in [1.807, 2.05) is 0 Å². The molecule has 0 aromatic carbocycles. The molecule has 1 aliphatic carbocycles. The van der Waals surface area contributed by atoms with Gasteiger partial charge in [0.15, 0.2) is 0 Å². The van der Waals surface area contributed by atoms with Crippen LogP contribution in [0, 0.1) is 11.8 Å². The van der Waals surface area contributed by atoms with Crippen molar-refractivity contribution >= 4 is 5.78 Å². The van der Waals surface area contributed by atoms with Crippen molar-refractivity contribution in [2.45, 2.75) is 33.1 Å². The Morgan fingerprint density at radius 3 is 2.67 bits per heavy atom. The van der Waals surface area contributed by atoms with E-state index in [9.17, 15) is 4.79 Å². The van der Waals surface area contributed by atoms with E-state index in [1.54, 1.807) is 0 Å². The average molecular weight is 169 g/mol. The topological polar surface area (TPSA) is 29.1 Å². The summed E-state index contributed by atoms with van der Waals surface area (Å²) in [7, 11) is 0. The lowest BCUT2D eigenvalue weighted by Crippen LogP contribution is -2.25. The summed E-state index contributed by atoms with van der Waals surface area (Å²) in [5.74, 6) is 1.72. The van der Waals surface area contributed by atoms with Crippen molar-refractivity contribution in [3.8, 4) is 0 Å². The zero-order chi connectivity index (χ0) is 8.97. The molecule has 0 spiro atoms. The number of rotatable bonds is 6. The van der Waals surface area contributed by atoms with Crippen molar-refractivity contribution in [1.82, 2.24) is 5.32 Å². The van der Waals surface area contributed by atoms with E-state index in [4.69, 9.17) is 0 Å². The predicted octanol–water partition coefficient (Wildman–Crippen LogP) is 1.60. The Balaban J connectivity index is 1.93. The Morgan fingerprint density at radius 2 is 2.17 bits per heavy atom. The Kier molecular flexibility index (Phi) is 3.73. The lowest BCUT2D eigenvalue weighted by atomic mass is 10.1. The molecule has 0 radical (unpaired) electrons. The van der Waals surface area contributed by atoms with Crippen LogP contribution in [0.4, 0.5) is 0 Å². The molecule has 1 rings (SSSR count). The predicted molar refractivity (Wildman–Crippen MR) is 50.1 cm³/mol. The molecule has 0 aliphatic heterocycles. The second-order valence-electron chi connectivity index (χ2n) is 4.21. The van der Waals surface area contributed by atoms with Crippen molar-refractivity contribution < 1.29 is 4.79 Å². The highest BCUT2D eigenvalue weighted by molar-refractivity contribution is 5.80. The fraction of sp³-hybridized carbons (Fsp3) is 0.900. The number of carbonyl (C=O) groups is 1. The third-order valence-corrected chi connectivity index (χ3v) is 2.09. The van der Waals surface area contributed by atoms with Crippen LogP contribution in [0.1, 0.15) is 33.1 Å². The average Bonchev–Trinajstić information content (AvgIpc) is 2.69. The number of carbonyl (C=O) groups excluding carboxylic acids is 1. The van der Waals surface area contributed by atoms with Crippen molar-refractivity contribution in [3.63, 3.8) is 0 Å². The molecule has 0 aromatic rings. The molecule has 1 fully saturated rings. The van der Waals surface area contributed by atoms with Gasteiger partial charge in [-0.1, -0.05) is 13.8 Å². The molecule has 12 heavy (non-hydrogen) atoms. The minimum absolute atomic E-state index is 0.352. The fourth-order valence-electron chi connectivity index (χ4n) is 1.27. The van der Waals surface area contributed by atoms with E-state index in [0.717, 1.165) is 18.9 Å². The van der Waals surface area contributed by atoms with E-state index in [2.05, 4.69) is 19.2 Å². The summed E-state index contributed by atoms with van der Waals surface area (Å²) in [4.78, 5) is 11.2. The van der Waals surface area contributed by atoms with Crippen LogP contribution in [0.5, 0.6) is 0 Å². The third-order valence-electron chi connectivity index (χ3n) is 2.09. The van der Waals surface area contributed by atoms with Gasteiger partial charge < -0.3 is 5.32 Å². The van der Waals surface area contributed by atoms with Crippen LogP contribution in [0.15, 0.2) is 0 Å². The highest BCUT2D eigenvalue weighted by Gasteiger charge is 2.20. The molecule has 0 saturated heterocycles. The van der Waals surface area contributed by atoms with Crippen molar-refractivity contribution in [3.05, 3.63) is 0 Å². The highest BCUT2D eigenvalue weighted by atomic mass is 16.1. The molecular weight excluding hydrogens is 150 g/mol. The molecule has 70 valence electrons. The molecule has 1 N–H and O–H groups in total. The monoisotopic (exact) mass is 169 g/mol. The van der Waals surface area contributed by atoms with Crippen molar-refractivity contribution in [1.29, 1.82) is 0 Å². The molecule has 2 nitrogen and oxygen atoms in total. The first-order valence-corrected chi connectivity index (χ1v) is 4.91. The van der Waals surface area contributed by atoms with Crippen LogP contribution in [-0.4, -0.2) is 18.9 Å². The summed E-state index contributed by atoms with van der Waals surface area (Å²) in [6.07, 6.45) is 3.43. The highest BCUT2D eigenvalue weighted by Crippen LogP contribution is 2.27. The Labute approximate surface area is 74.7 Å². The van der Waals surface area contributed by atoms with Gasteiger partial charge in [-0.2, -0.15) is 0 Å². The van der Waals surface area contributed by atoms with Gasteiger partial charge in [-0.15, -0.1) is 0 Å². The van der Waals surface area contributed by atoms with Gasteiger partial charge >= 0.3 is 0 Å². The van der Waals surface area contributed by atoms with Crippen LogP contribution in [0.2, 0.25) is 0 Å². The quantitative estimate of drug-likeness (QED) is 0.654. The SMILES string of the molecule is CC(C)CC(=O)CNCC1CC1. The van der Waals surface area contributed by atoms with Crippen LogP contribution in [0.3, 0.4) is 0 Å².